The maximum atomic E-state index is 5.81. The van der Waals surface area contributed by atoms with Crippen molar-refractivity contribution >= 4 is 0 Å². The number of likely N-dealkylation sites (N-methyl/N-ethyl adjacent to an activating group) is 1. The molecule has 0 bridgehead atoms. The van der Waals surface area contributed by atoms with Gasteiger partial charge in [0.05, 0.1) is 0 Å². The van der Waals surface area contributed by atoms with Crippen molar-refractivity contribution in [1.29, 1.82) is 0 Å². The van der Waals surface area contributed by atoms with E-state index in [2.05, 4.69) is 53.2 Å². The van der Waals surface area contributed by atoms with Gasteiger partial charge in [-0.2, -0.15) is 0 Å². The molecule has 0 unspecified atom stereocenters. The molecule has 2 aromatic rings. The summed E-state index contributed by atoms with van der Waals surface area (Å²) < 4.78 is 0. The van der Waals surface area contributed by atoms with E-state index in [0.29, 0.717) is 6.54 Å². The van der Waals surface area contributed by atoms with Gasteiger partial charge in [0.2, 0.25) is 0 Å². The van der Waals surface area contributed by atoms with Crippen LogP contribution in [0.5, 0.6) is 0 Å². The predicted molar refractivity (Wildman–Crippen MR) is 83.2 cm³/mol. The largest absolute Gasteiger partial charge is 0.326 e. The second-order valence-electron chi connectivity index (χ2n) is 4.95. The zero-order valence-corrected chi connectivity index (χ0v) is 12.1. The lowest BCUT2D eigenvalue weighted by molar-refractivity contribution is 0.283. The van der Waals surface area contributed by atoms with Crippen LogP contribution in [0.4, 0.5) is 0 Å². The van der Waals surface area contributed by atoms with E-state index < -0.39 is 0 Å². The molecule has 3 nitrogen and oxygen atoms in total. The number of aromatic nitrogens is 1. The summed E-state index contributed by atoms with van der Waals surface area (Å²) in [6.45, 7) is 5.88. The third kappa shape index (κ3) is 4.15. The van der Waals surface area contributed by atoms with E-state index in [0.717, 1.165) is 26.1 Å². The van der Waals surface area contributed by atoms with Gasteiger partial charge in [-0.15, -0.1) is 0 Å². The van der Waals surface area contributed by atoms with Crippen LogP contribution < -0.4 is 5.73 Å². The molecule has 0 saturated heterocycles. The first-order valence-electron chi connectivity index (χ1n) is 7.21. The molecule has 1 aromatic carbocycles. The van der Waals surface area contributed by atoms with Gasteiger partial charge in [0.15, 0.2) is 0 Å². The molecular weight excluding hydrogens is 246 g/mol. The molecule has 2 rings (SSSR count). The van der Waals surface area contributed by atoms with Gasteiger partial charge in [-0.05, 0) is 41.8 Å². The molecule has 1 heterocycles. The van der Waals surface area contributed by atoms with E-state index >= 15 is 0 Å². The standard InChI is InChI=1S/C17H23N3/c1-2-20(12-9-15-7-10-19-11-8-15)14-17-6-4-3-5-16(17)13-18/h3-8,10-11H,2,9,12-14,18H2,1H3. The van der Waals surface area contributed by atoms with Crippen LogP contribution in [0.25, 0.3) is 0 Å². The van der Waals surface area contributed by atoms with Gasteiger partial charge in [-0.25, -0.2) is 0 Å². The van der Waals surface area contributed by atoms with Crippen LogP contribution in [0.2, 0.25) is 0 Å². The lowest BCUT2D eigenvalue weighted by Crippen LogP contribution is -2.26. The van der Waals surface area contributed by atoms with Crippen molar-refractivity contribution in [2.24, 2.45) is 5.73 Å². The van der Waals surface area contributed by atoms with Crippen molar-refractivity contribution in [2.45, 2.75) is 26.4 Å². The fraction of sp³-hybridized carbons (Fsp3) is 0.353. The molecule has 0 aliphatic rings. The average Bonchev–Trinajstić information content (AvgIpc) is 2.52. The Hall–Kier alpha value is -1.71. The molecule has 0 radical (unpaired) electrons. The van der Waals surface area contributed by atoms with Crippen LogP contribution in [0.15, 0.2) is 48.8 Å². The van der Waals surface area contributed by atoms with Gasteiger partial charge in [-0.3, -0.25) is 9.88 Å². The van der Waals surface area contributed by atoms with Crippen LogP contribution >= 0.6 is 0 Å². The molecule has 1 aromatic heterocycles. The number of pyridine rings is 1. The van der Waals surface area contributed by atoms with Crippen LogP contribution in [-0.4, -0.2) is 23.0 Å². The second kappa shape index (κ2) is 7.78. The molecule has 0 fully saturated rings. The summed E-state index contributed by atoms with van der Waals surface area (Å²) in [4.78, 5) is 6.51. The highest BCUT2D eigenvalue weighted by molar-refractivity contribution is 5.26. The Morgan fingerprint density at radius 2 is 1.75 bits per heavy atom. The number of benzene rings is 1. The minimum atomic E-state index is 0.609. The summed E-state index contributed by atoms with van der Waals surface area (Å²) in [5.74, 6) is 0. The van der Waals surface area contributed by atoms with Gasteiger partial charge >= 0.3 is 0 Å². The monoisotopic (exact) mass is 269 g/mol. The molecule has 0 spiro atoms. The maximum absolute atomic E-state index is 5.81. The highest BCUT2D eigenvalue weighted by Gasteiger charge is 2.07. The molecule has 2 N–H and O–H groups in total. The fourth-order valence-corrected chi connectivity index (χ4v) is 2.34. The van der Waals surface area contributed by atoms with Crippen LogP contribution in [-0.2, 0) is 19.5 Å². The van der Waals surface area contributed by atoms with Crippen molar-refractivity contribution in [3.05, 3.63) is 65.5 Å². The van der Waals surface area contributed by atoms with Gasteiger partial charge in [-0.1, -0.05) is 31.2 Å². The van der Waals surface area contributed by atoms with Crippen molar-refractivity contribution in [3.8, 4) is 0 Å². The summed E-state index contributed by atoms with van der Waals surface area (Å²) >= 11 is 0. The Labute approximate surface area is 121 Å². The van der Waals surface area contributed by atoms with E-state index in [1.54, 1.807) is 0 Å². The molecule has 0 aliphatic heterocycles. The lowest BCUT2D eigenvalue weighted by Gasteiger charge is -2.22. The Morgan fingerprint density at radius 1 is 1.05 bits per heavy atom. The van der Waals surface area contributed by atoms with E-state index in [9.17, 15) is 0 Å². The number of hydrogen-bond acceptors (Lipinski definition) is 3. The first-order valence-corrected chi connectivity index (χ1v) is 7.21. The number of hydrogen-bond donors (Lipinski definition) is 1. The minimum Gasteiger partial charge on any atom is -0.326 e. The van der Waals surface area contributed by atoms with Crippen molar-refractivity contribution in [2.75, 3.05) is 13.1 Å². The maximum Gasteiger partial charge on any atom is 0.0270 e. The molecule has 0 amide bonds. The molecule has 0 aliphatic carbocycles. The number of nitrogens with zero attached hydrogens (tertiary/aromatic N) is 2. The third-order valence-electron chi connectivity index (χ3n) is 3.65. The third-order valence-corrected chi connectivity index (χ3v) is 3.65. The molecular formula is C17H23N3. The van der Waals surface area contributed by atoms with Crippen LogP contribution in [0.1, 0.15) is 23.6 Å². The first-order chi connectivity index (χ1) is 9.83. The van der Waals surface area contributed by atoms with E-state index in [4.69, 9.17) is 5.73 Å². The SMILES string of the molecule is CCN(CCc1ccncc1)Cc1ccccc1CN. The summed E-state index contributed by atoms with van der Waals surface area (Å²) in [5, 5.41) is 0. The van der Waals surface area contributed by atoms with Crippen LogP contribution in [0, 0.1) is 0 Å². The van der Waals surface area contributed by atoms with Gasteiger partial charge in [0.1, 0.15) is 0 Å². The van der Waals surface area contributed by atoms with Crippen LogP contribution in [0.3, 0.4) is 0 Å². The Bertz CT molecular complexity index is 511. The average molecular weight is 269 g/mol. The summed E-state index contributed by atoms with van der Waals surface area (Å²) in [6, 6.07) is 12.6. The zero-order valence-electron chi connectivity index (χ0n) is 12.1. The normalized spacial score (nSPS) is 10.9. The van der Waals surface area contributed by atoms with Gasteiger partial charge < -0.3 is 5.73 Å². The van der Waals surface area contributed by atoms with Crippen molar-refractivity contribution < 1.29 is 0 Å². The Morgan fingerprint density at radius 3 is 2.40 bits per heavy atom. The topological polar surface area (TPSA) is 42.2 Å². The second-order valence-corrected chi connectivity index (χ2v) is 4.95. The Kier molecular flexibility index (Phi) is 5.71. The van der Waals surface area contributed by atoms with Gasteiger partial charge in [0, 0.05) is 32.0 Å². The minimum absolute atomic E-state index is 0.609. The molecule has 3 heteroatoms. The van der Waals surface area contributed by atoms with E-state index in [1.807, 2.05) is 12.4 Å². The highest BCUT2D eigenvalue weighted by Crippen LogP contribution is 2.11. The molecule has 20 heavy (non-hydrogen) atoms. The van der Waals surface area contributed by atoms with E-state index in [1.165, 1.54) is 16.7 Å². The van der Waals surface area contributed by atoms with Crippen molar-refractivity contribution in [3.63, 3.8) is 0 Å². The first kappa shape index (κ1) is 14.7. The number of nitrogens with two attached hydrogens (primary N) is 1. The zero-order chi connectivity index (χ0) is 14.2. The summed E-state index contributed by atoms with van der Waals surface area (Å²) in [7, 11) is 0. The highest BCUT2D eigenvalue weighted by atomic mass is 15.1. The molecule has 106 valence electrons. The van der Waals surface area contributed by atoms with E-state index in [-0.39, 0.29) is 0 Å². The smallest absolute Gasteiger partial charge is 0.0270 e. The Balaban J connectivity index is 1.95. The lowest BCUT2D eigenvalue weighted by atomic mass is 10.1. The quantitative estimate of drug-likeness (QED) is 0.840. The summed E-state index contributed by atoms with van der Waals surface area (Å²) in [5.41, 5.74) is 9.73. The predicted octanol–water partition coefficient (Wildman–Crippen LogP) is 2.60. The molecule has 0 saturated carbocycles. The number of rotatable bonds is 7. The fourth-order valence-electron chi connectivity index (χ4n) is 2.34. The summed E-state index contributed by atoms with van der Waals surface area (Å²) in [6.07, 6.45) is 4.77. The van der Waals surface area contributed by atoms with Gasteiger partial charge in [0.25, 0.3) is 0 Å². The van der Waals surface area contributed by atoms with Crippen molar-refractivity contribution in [1.82, 2.24) is 9.88 Å². The molecule has 0 atom stereocenters.